The molecule has 1 heterocycles. The number of methoxy groups -OCH3 is 2. The van der Waals surface area contributed by atoms with Gasteiger partial charge in [0.2, 0.25) is 0 Å². The first-order valence-corrected chi connectivity index (χ1v) is 8.52. The standard InChI is InChI=1S/C16H13ClF3NO5S/c1-25-11(22)6-9(15(24)26-2)21-14(23)13-12(17)8-4-3-7(16(18,19)20)5-10(8)27-13/h3-5,9H,6H2,1-2H3,(H,21,23)/t9-/m1/s1. The molecule has 146 valence electrons. The Morgan fingerprint density at radius 1 is 1.22 bits per heavy atom. The van der Waals surface area contributed by atoms with Gasteiger partial charge >= 0.3 is 18.1 Å². The highest BCUT2D eigenvalue weighted by Crippen LogP contribution is 2.39. The predicted molar refractivity (Wildman–Crippen MR) is 91.7 cm³/mol. The zero-order valence-corrected chi connectivity index (χ0v) is 15.6. The lowest BCUT2D eigenvalue weighted by Crippen LogP contribution is -2.43. The number of rotatable bonds is 5. The summed E-state index contributed by atoms with van der Waals surface area (Å²) in [7, 11) is 2.18. The third-order valence-electron chi connectivity index (χ3n) is 3.55. The number of fused-ring (bicyclic) bond motifs is 1. The summed E-state index contributed by atoms with van der Waals surface area (Å²) in [5.74, 6) is -2.47. The lowest BCUT2D eigenvalue weighted by atomic mass is 10.1. The molecule has 0 aliphatic rings. The molecule has 0 aliphatic heterocycles. The smallest absolute Gasteiger partial charge is 0.416 e. The van der Waals surface area contributed by atoms with Gasteiger partial charge in [-0.2, -0.15) is 13.2 Å². The van der Waals surface area contributed by atoms with Gasteiger partial charge in [-0.3, -0.25) is 9.59 Å². The van der Waals surface area contributed by atoms with Gasteiger partial charge in [-0.1, -0.05) is 17.7 Å². The van der Waals surface area contributed by atoms with Gasteiger partial charge in [0.25, 0.3) is 5.91 Å². The molecule has 27 heavy (non-hydrogen) atoms. The van der Waals surface area contributed by atoms with Gasteiger partial charge in [0.15, 0.2) is 0 Å². The number of hydrogen-bond donors (Lipinski definition) is 1. The summed E-state index contributed by atoms with van der Waals surface area (Å²) in [5.41, 5.74) is -0.877. The summed E-state index contributed by atoms with van der Waals surface area (Å²) >= 11 is 6.85. The Morgan fingerprint density at radius 3 is 2.44 bits per heavy atom. The molecule has 1 amide bonds. The van der Waals surface area contributed by atoms with Crippen molar-refractivity contribution in [2.45, 2.75) is 18.6 Å². The molecule has 2 aromatic rings. The van der Waals surface area contributed by atoms with E-state index in [-0.39, 0.29) is 20.0 Å². The number of hydrogen-bond acceptors (Lipinski definition) is 6. The second-order valence-electron chi connectivity index (χ2n) is 5.28. The van der Waals surface area contributed by atoms with Crippen molar-refractivity contribution >= 4 is 50.9 Å². The van der Waals surface area contributed by atoms with Gasteiger partial charge in [0, 0.05) is 10.1 Å². The number of carbonyl (C=O) groups excluding carboxylic acids is 3. The van der Waals surface area contributed by atoms with E-state index in [2.05, 4.69) is 14.8 Å². The van der Waals surface area contributed by atoms with Gasteiger partial charge in [0.05, 0.1) is 31.2 Å². The zero-order valence-electron chi connectivity index (χ0n) is 14.0. The number of benzene rings is 1. The molecule has 0 aliphatic carbocycles. The van der Waals surface area contributed by atoms with Crippen LogP contribution in [0, 0.1) is 0 Å². The minimum absolute atomic E-state index is 0.0529. The number of amides is 1. The Morgan fingerprint density at radius 2 is 1.89 bits per heavy atom. The second-order valence-corrected chi connectivity index (χ2v) is 6.71. The van der Waals surface area contributed by atoms with Crippen LogP contribution in [0.15, 0.2) is 18.2 Å². The van der Waals surface area contributed by atoms with Crippen LogP contribution in [-0.2, 0) is 25.2 Å². The van der Waals surface area contributed by atoms with Crippen molar-refractivity contribution in [3.63, 3.8) is 0 Å². The van der Waals surface area contributed by atoms with Crippen LogP contribution in [0.1, 0.15) is 21.7 Å². The topological polar surface area (TPSA) is 81.7 Å². The molecule has 1 atom stereocenters. The van der Waals surface area contributed by atoms with E-state index >= 15 is 0 Å². The average molecular weight is 424 g/mol. The number of ether oxygens (including phenoxy) is 2. The Kier molecular flexibility index (Phi) is 6.32. The summed E-state index contributed by atoms with van der Waals surface area (Å²) in [6.07, 6.45) is -5.01. The number of esters is 2. The van der Waals surface area contributed by atoms with Crippen LogP contribution in [0.2, 0.25) is 5.02 Å². The molecule has 0 saturated heterocycles. The van der Waals surface area contributed by atoms with Crippen LogP contribution in [0.3, 0.4) is 0 Å². The van der Waals surface area contributed by atoms with Crippen molar-refractivity contribution in [1.82, 2.24) is 5.32 Å². The predicted octanol–water partition coefficient (Wildman–Crippen LogP) is 3.41. The van der Waals surface area contributed by atoms with E-state index in [0.29, 0.717) is 0 Å². The van der Waals surface area contributed by atoms with Crippen molar-refractivity contribution in [3.8, 4) is 0 Å². The van der Waals surface area contributed by atoms with Crippen molar-refractivity contribution < 1.29 is 37.0 Å². The normalized spacial score (nSPS) is 12.5. The molecule has 0 fully saturated rings. The van der Waals surface area contributed by atoms with Crippen LogP contribution in [0.4, 0.5) is 13.2 Å². The minimum atomic E-state index is -4.54. The summed E-state index contributed by atoms with van der Waals surface area (Å²) in [5, 5.41) is 2.50. The SMILES string of the molecule is COC(=O)C[C@@H](NC(=O)c1sc2cc(C(F)(F)F)ccc2c1Cl)C(=O)OC. The van der Waals surface area contributed by atoms with E-state index in [0.717, 1.165) is 37.7 Å². The maximum atomic E-state index is 12.8. The third-order valence-corrected chi connectivity index (χ3v) is 5.21. The summed E-state index contributed by atoms with van der Waals surface area (Å²) in [4.78, 5) is 35.5. The lowest BCUT2D eigenvalue weighted by molar-refractivity contribution is -0.149. The van der Waals surface area contributed by atoms with Gasteiger partial charge < -0.3 is 14.8 Å². The van der Waals surface area contributed by atoms with Crippen molar-refractivity contribution in [2.75, 3.05) is 14.2 Å². The number of alkyl halides is 3. The van der Waals surface area contributed by atoms with E-state index in [4.69, 9.17) is 11.6 Å². The Balaban J connectivity index is 2.34. The molecule has 1 N–H and O–H groups in total. The van der Waals surface area contributed by atoms with Gasteiger partial charge in [-0.05, 0) is 12.1 Å². The third kappa shape index (κ3) is 4.69. The molecule has 0 spiro atoms. The number of nitrogens with one attached hydrogen (secondary N) is 1. The van der Waals surface area contributed by atoms with Gasteiger partial charge in [-0.25, -0.2) is 4.79 Å². The maximum absolute atomic E-state index is 12.8. The molecule has 1 aromatic carbocycles. The molecule has 11 heteroatoms. The summed E-state index contributed by atoms with van der Waals surface area (Å²) in [6, 6.07) is 1.58. The molecule has 0 bridgehead atoms. The molecule has 6 nitrogen and oxygen atoms in total. The molecule has 1 aromatic heterocycles. The van der Waals surface area contributed by atoms with Crippen LogP contribution in [-0.4, -0.2) is 38.1 Å². The van der Waals surface area contributed by atoms with Crippen LogP contribution < -0.4 is 5.32 Å². The fourth-order valence-corrected chi connectivity index (χ4v) is 3.66. The van der Waals surface area contributed by atoms with E-state index in [1.54, 1.807) is 0 Å². The molecular weight excluding hydrogens is 411 g/mol. The zero-order chi connectivity index (χ0) is 20.4. The first-order chi connectivity index (χ1) is 12.6. The fourth-order valence-electron chi connectivity index (χ4n) is 2.20. The van der Waals surface area contributed by atoms with Crippen LogP contribution in [0.25, 0.3) is 10.1 Å². The monoisotopic (exact) mass is 423 g/mol. The van der Waals surface area contributed by atoms with Crippen molar-refractivity contribution in [2.24, 2.45) is 0 Å². The maximum Gasteiger partial charge on any atom is 0.416 e. The quantitative estimate of drug-likeness (QED) is 0.745. The second kappa shape index (κ2) is 8.13. The number of carbonyl (C=O) groups is 3. The summed E-state index contributed by atoms with van der Waals surface area (Å²) < 4.78 is 47.6. The van der Waals surface area contributed by atoms with Gasteiger partial charge in [-0.15, -0.1) is 11.3 Å². The molecule has 0 unspecified atom stereocenters. The number of thiophene rings is 1. The highest BCUT2D eigenvalue weighted by atomic mass is 35.5. The highest BCUT2D eigenvalue weighted by molar-refractivity contribution is 7.21. The van der Waals surface area contributed by atoms with Crippen LogP contribution in [0.5, 0.6) is 0 Å². The van der Waals surface area contributed by atoms with Crippen LogP contribution >= 0.6 is 22.9 Å². The Labute approximate surface area is 160 Å². The highest BCUT2D eigenvalue weighted by Gasteiger charge is 2.32. The Hall–Kier alpha value is -2.33. The summed E-state index contributed by atoms with van der Waals surface area (Å²) in [6.45, 7) is 0. The Bertz CT molecular complexity index is 896. The van der Waals surface area contributed by atoms with Gasteiger partial charge in [0.1, 0.15) is 10.9 Å². The minimum Gasteiger partial charge on any atom is -0.469 e. The fraction of sp³-hybridized carbons (Fsp3) is 0.312. The molecular formula is C16H13ClF3NO5S. The van der Waals surface area contributed by atoms with Crippen molar-refractivity contribution in [1.29, 1.82) is 0 Å². The molecule has 0 saturated carbocycles. The van der Waals surface area contributed by atoms with E-state index in [1.807, 2.05) is 0 Å². The largest absolute Gasteiger partial charge is 0.469 e. The van der Waals surface area contributed by atoms with E-state index in [1.165, 1.54) is 6.07 Å². The molecule has 0 radical (unpaired) electrons. The first-order valence-electron chi connectivity index (χ1n) is 7.33. The number of halogens is 4. The first kappa shape index (κ1) is 21.0. The van der Waals surface area contributed by atoms with E-state index < -0.39 is 42.0 Å². The average Bonchev–Trinajstić information content (AvgIpc) is 2.95. The molecule has 2 rings (SSSR count). The van der Waals surface area contributed by atoms with E-state index in [9.17, 15) is 27.6 Å². The lowest BCUT2D eigenvalue weighted by Gasteiger charge is -2.14. The van der Waals surface area contributed by atoms with Crippen molar-refractivity contribution in [3.05, 3.63) is 33.7 Å².